The molecule has 0 aromatic carbocycles. The monoisotopic (exact) mass is 282 g/mol. The number of aryl methyl sites for hydroxylation is 1. The first-order valence-corrected chi connectivity index (χ1v) is 6.05. The fourth-order valence-electron chi connectivity index (χ4n) is 2.21. The van der Waals surface area contributed by atoms with Gasteiger partial charge in [-0.15, -0.1) is 5.10 Å². The molecule has 106 valence electrons. The van der Waals surface area contributed by atoms with E-state index in [2.05, 4.69) is 20.1 Å². The first kappa shape index (κ1) is 12.7. The largest absolute Gasteiger partial charge is 0.347 e. The average Bonchev–Trinajstić information content (AvgIpc) is 3.03. The topological polar surface area (TPSA) is 79.7 Å². The number of alkyl halides is 2. The normalized spacial score (nSPS) is 14.7. The van der Waals surface area contributed by atoms with Gasteiger partial charge in [-0.25, -0.2) is 23.4 Å². The number of hydrogen-bond donors (Lipinski definition) is 1. The van der Waals surface area contributed by atoms with Gasteiger partial charge in [-0.2, -0.15) is 0 Å². The van der Waals surface area contributed by atoms with Crippen LogP contribution in [-0.2, 0) is 20.0 Å². The molecule has 1 N–H and O–H groups in total. The third kappa shape index (κ3) is 2.04. The Morgan fingerprint density at radius 2 is 2.30 bits per heavy atom. The Labute approximate surface area is 112 Å². The minimum absolute atomic E-state index is 0.0803. The lowest BCUT2D eigenvalue weighted by atomic mass is 10.1. The van der Waals surface area contributed by atoms with Crippen LogP contribution in [0.15, 0.2) is 6.33 Å². The van der Waals surface area contributed by atoms with E-state index in [-0.39, 0.29) is 5.82 Å². The van der Waals surface area contributed by atoms with Crippen LogP contribution in [0.3, 0.4) is 0 Å². The number of aromatic nitrogens is 5. The molecule has 0 spiro atoms. The smallest absolute Gasteiger partial charge is 0.299 e. The zero-order chi connectivity index (χ0) is 14.3. The molecule has 20 heavy (non-hydrogen) atoms. The maximum absolute atomic E-state index is 12.5. The minimum Gasteiger partial charge on any atom is -0.347 e. The van der Waals surface area contributed by atoms with E-state index in [0.717, 1.165) is 16.1 Å². The highest BCUT2D eigenvalue weighted by atomic mass is 19.3. The van der Waals surface area contributed by atoms with Crippen molar-refractivity contribution in [2.45, 2.75) is 19.4 Å². The summed E-state index contributed by atoms with van der Waals surface area (Å²) in [6, 6.07) is 0. The van der Waals surface area contributed by atoms with Crippen molar-refractivity contribution < 1.29 is 13.6 Å². The van der Waals surface area contributed by atoms with Crippen LogP contribution in [0.2, 0.25) is 0 Å². The summed E-state index contributed by atoms with van der Waals surface area (Å²) in [4.78, 5) is 24.6. The molecule has 1 aliphatic rings. The molecule has 1 aliphatic heterocycles. The highest BCUT2D eigenvalue weighted by Gasteiger charge is 2.28. The van der Waals surface area contributed by atoms with Crippen molar-refractivity contribution in [1.29, 1.82) is 0 Å². The number of imidazole rings is 1. The number of carbonyl (C=O) groups excluding carboxylic acids is 1. The van der Waals surface area contributed by atoms with Gasteiger partial charge in [-0.3, -0.25) is 4.79 Å². The van der Waals surface area contributed by atoms with E-state index in [9.17, 15) is 13.6 Å². The zero-order valence-electron chi connectivity index (χ0n) is 10.7. The maximum Gasteiger partial charge on any atom is 0.299 e. The first-order valence-electron chi connectivity index (χ1n) is 6.05. The van der Waals surface area contributed by atoms with E-state index in [1.807, 2.05) is 0 Å². The lowest BCUT2D eigenvalue weighted by Gasteiger charge is -2.25. The van der Waals surface area contributed by atoms with Crippen molar-refractivity contribution in [3.05, 3.63) is 29.4 Å². The van der Waals surface area contributed by atoms with E-state index in [0.29, 0.717) is 19.5 Å². The number of rotatable bonds is 2. The summed E-state index contributed by atoms with van der Waals surface area (Å²) in [6.07, 6.45) is -0.580. The van der Waals surface area contributed by atoms with E-state index >= 15 is 0 Å². The number of aromatic amines is 1. The fraction of sp³-hybridized carbons (Fsp3) is 0.455. The quantitative estimate of drug-likeness (QED) is 0.878. The Bertz CT molecular complexity index is 649. The summed E-state index contributed by atoms with van der Waals surface area (Å²) in [6.45, 7) is 0.846. The van der Waals surface area contributed by atoms with Crippen LogP contribution in [-0.4, -0.2) is 42.1 Å². The standard InChI is InChI=1S/C11H12F2N6O/c1-18-10(16-9(17-18)8(12)13)11(20)19-3-2-6-7(4-19)15-5-14-6/h5,8H,2-4H2,1H3,(H,14,15). The van der Waals surface area contributed by atoms with Crippen molar-refractivity contribution in [2.75, 3.05) is 6.54 Å². The molecule has 0 unspecified atom stereocenters. The van der Waals surface area contributed by atoms with E-state index in [4.69, 9.17) is 0 Å². The zero-order valence-corrected chi connectivity index (χ0v) is 10.7. The van der Waals surface area contributed by atoms with Gasteiger partial charge in [0.15, 0.2) is 0 Å². The van der Waals surface area contributed by atoms with Crippen LogP contribution < -0.4 is 0 Å². The third-order valence-corrected chi connectivity index (χ3v) is 3.23. The average molecular weight is 282 g/mol. The Morgan fingerprint density at radius 1 is 1.50 bits per heavy atom. The van der Waals surface area contributed by atoms with E-state index in [1.165, 1.54) is 7.05 Å². The number of halogens is 2. The maximum atomic E-state index is 12.5. The van der Waals surface area contributed by atoms with Crippen LogP contribution in [0.4, 0.5) is 8.78 Å². The Hall–Kier alpha value is -2.32. The highest BCUT2D eigenvalue weighted by molar-refractivity contribution is 5.90. The molecule has 0 fully saturated rings. The van der Waals surface area contributed by atoms with Gasteiger partial charge >= 0.3 is 0 Å². The summed E-state index contributed by atoms with van der Waals surface area (Å²) in [5, 5.41) is 3.55. The number of hydrogen-bond acceptors (Lipinski definition) is 4. The van der Waals surface area contributed by atoms with Gasteiger partial charge in [-0.1, -0.05) is 0 Å². The second-order valence-electron chi connectivity index (χ2n) is 4.52. The molecule has 3 rings (SSSR count). The van der Waals surface area contributed by atoms with Crippen LogP contribution in [0.1, 0.15) is 34.3 Å². The van der Waals surface area contributed by atoms with Crippen LogP contribution in [0.5, 0.6) is 0 Å². The Morgan fingerprint density at radius 3 is 3.00 bits per heavy atom. The molecule has 9 heteroatoms. The van der Waals surface area contributed by atoms with Gasteiger partial charge in [0.2, 0.25) is 11.6 Å². The van der Waals surface area contributed by atoms with Gasteiger partial charge in [0.25, 0.3) is 12.3 Å². The lowest BCUT2D eigenvalue weighted by molar-refractivity contribution is 0.0714. The highest BCUT2D eigenvalue weighted by Crippen LogP contribution is 2.18. The van der Waals surface area contributed by atoms with Gasteiger partial charge in [0.1, 0.15) is 0 Å². The minimum atomic E-state index is -2.79. The van der Waals surface area contributed by atoms with Crippen molar-refractivity contribution >= 4 is 5.91 Å². The summed E-state index contributed by atoms with van der Waals surface area (Å²) in [5.74, 6) is -1.12. The molecular formula is C11H12F2N6O. The molecule has 2 aromatic rings. The molecule has 0 radical (unpaired) electrons. The molecule has 7 nitrogen and oxygen atoms in total. The van der Waals surface area contributed by atoms with Gasteiger partial charge in [-0.05, 0) is 0 Å². The predicted octanol–water partition coefficient (Wildman–Crippen LogP) is 0.674. The Kier molecular flexibility index (Phi) is 2.96. The molecule has 0 saturated carbocycles. The molecule has 2 aromatic heterocycles. The van der Waals surface area contributed by atoms with Crippen molar-refractivity contribution in [3.63, 3.8) is 0 Å². The lowest BCUT2D eigenvalue weighted by Crippen LogP contribution is -2.37. The van der Waals surface area contributed by atoms with E-state index < -0.39 is 18.2 Å². The molecule has 0 aliphatic carbocycles. The van der Waals surface area contributed by atoms with Crippen molar-refractivity contribution in [1.82, 2.24) is 29.6 Å². The second-order valence-corrected chi connectivity index (χ2v) is 4.52. The van der Waals surface area contributed by atoms with Gasteiger partial charge in [0.05, 0.1) is 24.3 Å². The molecular weight excluding hydrogens is 270 g/mol. The Balaban J connectivity index is 1.83. The third-order valence-electron chi connectivity index (χ3n) is 3.23. The number of amides is 1. The molecule has 0 bridgehead atoms. The van der Waals surface area contributed by atoms with E-state index in [1.54, 1.807) is 11.2 Å². The van der Waals surface area contributed by atoms with Gasteiger partial charge in [0, 0.05) is 20.0 Å². The van der Waals surface area contributed by atoms with Crippen molar-refractivity contribution in [3.8, 4) is 0 Å². The summed E-state index contributed by atoms with van der Waals surface area (Å²) < 4.78 is 26.2. The predicted molar refractivity (Wildman–Crippen MR) is 63.0 cm³/mol. The summed E-state index contributed by atoms with van der Waals surface area (Å²) >= 11 is 0. The number of nitrogens with zero attached hydrogens (tertiary/aromatic N) is 5. The number of nitrogens with one attached hydrogen (secondary N) is 1. The number of fused-ring (bicyclic) bond motifs is 1. The summed E-state index contributed by atoms with van der Waals surface area (Å²) in [7, 11) is 1.43. The van der Waals surface area contributed by atoms with Crippen LogP contribution in [0.25, 0.3) is 0 Å². The van der Waals surface area contributed by atoms with Crippen molar-refractivity contribution in [2.24, 2.45) is 7.05 Å². The molecule has 1 amide bonds. The molecule has 3 heterocycles. The summed E-state index contributed by atoms with van der Waals surface area (Å²) in [5.41, 5.74) is 1.79. The number of H-pyrrole nitrogens is 1. The van der Waals surface area contributed by atoms with Gasteiger partial charge < -0.3 is 9.88 Å². The SMILES string of the molecule is Cn1nc(C(F)F)nc1C(=O)N1CCc2nc[nH]c2C1. The number of carbonyl (C=O) groups is 1. The van der Waals surface area contributed by atoms with Crippen LogP contribution in [0, 0.1) is 0 Å². The van der Waals surface area contributed by atoms with Crippen LogP contribution >= 0.6 is 0 Å². The second kappa shape index (κ2) is 4.66. The first-order chi connectivity index (χ1) is 9.56. The molecule has 0 atom stereocenters. The molecule has 0 saturated heterocycles. The fourth-order valence-corrected chi connectivity index (χ4v) is 2.21.